The van der Waals surface area contributed by atoms with Crippen LogP contribution < -0.4 is 0 Å². The monoisotopic (exact) mass is 190 g/mol. The summed E-state index contributed by atoms with van der Waals surface area (Å²) in [5.74, 6) is -0.385. The first-order valence-electron chi connectivity index (χ1n) is 4.28. The van der Waals surface area contributed by atoms with Crippen molar-refractivity contribution in [3.8, 4) is 0 Å². The van der Waals surface area contributed by atoms with Crippen LogP contribution in [0.5, 0.6) is 0 Å². The quantitative estimate of drug-likeness (QED) is 0.495. The highest BCUT2D eigenvalue weighted by Crippen LogP contribution is 2.15. The van der Waals surface area contributed by atoms with E-state index in [2.05, 4.69) is 9.99 Å². The van der Waals surface area contributed by atoms with Crippen molar-refractivity contribution in [1.82, 2.24) is 4.57 Å². The molecule has 0 fully saturated rings. The number of aryl methyl sites for hydroxylation is 1. The van der Waals surface area contributed by atoms with Gasteiger partial charge in [0.05, 0.1) is 11.3 Å². The van der Waals surface area contributed by atoms with E-state index in [0.717, 1.165) is 5.69 Å². The van der Waals surface area contributed by atoms with E-state index in [4.69, 9.17) is 0 Å². The van der Waals surface area contributed by atoms with Crippen molar-refractivity contribution in [2.45, 2.75) is 6.92 Å². The van der Waals surface area contributed by atoms with E-state index in [1.807, 2.05) is 29.9 Å². The van der Waals surface area contributed by atoms with Crippen LogP contribution >= 0.6 is 0 Å². The summed E-state index contributed by atoms with van der Waals surface area (Å²) in [6, 6.07) is 3.84. The fraction of sp³-hybridized carbons (Fsp3) is 0.200. The second-order valence-electron chi connectivity index (χ2n) is 3.16. The van der Waals surface area contributed by atoms with Gasteiger partial charge in [-0.1, -0.05) is 5.16 Å². The van der Waals surface area contributed by atoms with Crippen molar-refractivity contribution in [2.75, 3.05) is 0 Å². The molecule has 0 aliphatic carbocycles. The number of aromatic nitrogens is 1. The van der Waals surface area contributed by atoms with Gasteiger partial charge in [-0.3, -0.25) is 0 Å². The molecule has 1 aliphatic heterocycles. The fourth-order valence-corrected chi connectivity index (χ4v) is 1.29. The summed E-state index contributed by atoms with van der Waals surface area (Å²) in [7, 11) is 1.92. The van der Waals surface area contributed by atoms with Crippen molar-refractivity contribution in [3.63, 3.8) is 0 Å². The van der Waals surface area contributed by atoms with Gasteiger partial charge < -0.3 is 9.40 Å². The molecule has 4 heteroatoms. The predicted octanol–water partition coefficient (Wildman–Crippen LogP) is 1.34. The Kier molecular flexibility index (Phi) is 1.96. The van der Waals surface area contributed by atoms with Crippen molar-refractivity contribution in [2.24, 2.45) is 12.2 Å². The van der Waals surface area contributed by atoms with Crippen molar-refractivity contribution in [1.29, 1.82) is 0 Å². The topological polar surface area (TPSA) is 43.6 Å². The average Bonchev–Trinajstić information content (AvgIpc) is 2.67. The second-order valence-corrected chi connectivity index (χ2v) is 3.16. The smallest absolute Gasteiger partial charge is 0.351 e. The fourth-order valence-electron chi connectivity index (χ4n) is 1.29. The van der Waals surface area contributed by atoms with E-state index in [9.17, 15) is 4.79 Å². The third-order valence-corrected chi connectivity index (χ3v) is 2.15. The van der Waals surface area contributed by atoms with Gasteiger partial charge in [-0.15, -0.1) is 0 Å². The minimum atomic E-state index is -0.385. The summed E-state index contributed by atoms with van der Waals surface area (Å²) in [5, 5.41) is 3.60. The second kappa shape index (κ2) is 3.14. The molecule has 0 saturated carbocycles. The van der Waals surface area contributed by atoms with Gasteiger partial charge in [-0.25, -0.2) is 4.79 Å². The third-order valence-electron chi connectivity index (χ3n) is 2.15. The maximum Gasteiger partial charge on any atom is 0.367 e. The van der Waals surface area contributed by atoms with Gasteiger partial charge in [0.15, 0.2) is 0 Å². The molecular weight excluding hydrogens is 180 g/mol. The summed E-state index contributed by atoms with van der Waals surface area (Å²) in [6.45, 7) is 1.75. The molecule has 0 bridgehead atoms. The van der Waals surface area contributed by atoms with E-state index >= 15 is 0 Å². The molecule has 14 heavy (non-hydrogen) atoms. The van der Waals surface area contributed by atoms with Crippen molar-refractivity contribution < 1.29 is 9.63 Å². The molecule has 4 nitrogen and oxygen atoms in total. The van der Waals surface area contributed by atoms with Crippen LogP contribution in [0, 0.1) is 0 Å². The standard InChI is InChI=1S/C10H10N2O2/c1-7-9(10(13)14-11-7)6-8-4-3-5-12(8)2/h3-6H,1-2H3. The average molecular weight is 190 g/mol. The van der Waals surface area contributed by atoms with Gasteiger partial charge in [0.25, 0.3) is 0 Å². The van der Waals surface area contributed by atoms with Crippen LogP contribution in [-0.2, 0) is 16.7 Å². The third kappa shape index (κ3) is 1.35. The van der Waals surface area contributed by atoms with Gasteiger partial charge in [0.1, 0.15) is 0 Å². The van der Waals surface area contributed by atoms with Crippen LogP contribution in [-0.4, -0.2) is 16.2 Å². The molecule has 0 unspecified atom stereocenters. The Morgan fingerprint density at radius 1 is 1.57 bits per heavy atom. The van der Waals surface area contributed by atoms with Crippen LogP contribution in [0.15, 0.2) is 29.1 Å². The number of hydrogen-bond donors (Lipinski definition) is 0. The Morgan fingerprint density at radius 3 is 2.86 bits per heavy atom. The minimum Gasteiger partial charge on any atom is -0.351 e. The number of rotatable bonds is 1. The first kappa shape index (κ1) is 8.74. The number of nitrogens with zero attached hydrogens (tertiary/aromatic N) is 2. The van der Waals surface area contributed by atoms with E-state index in [-0.39, 0.29) is 5.97 Å². The number of oxime groups is 1. The van der Waals surface area contributed by atoms with Crippen LogP contribution in [0.4, 0.5) is 0 Å². The predicted molar refractivity (Wildman–Crippen MR) is 52.6 cm³/mol. The lowest BCUT2D eigenvalue weighted by molar-refractivity contribution is -0.136. The number of carbonyl (C=O) groups is 1. The highest BCUT2D eigenvalue weighted by atomic mass is 16.7. The lowest BCUT2D eigenvalue weighted by Crippen LogP contribution is -2.02. The van der Waals surface area contributed by atoms with Crippen LogP contribution in [0.3, 0.4) is 0 Å². The van der Waals surface area contributed by atoms with Gasteiger partial charge in [0.2, 0.25) is 0 Å². The highest BCUT2D eigenvalue weighted by molar-refractivity contribution is 6.24. The Morgan fingerprint density at radius 2 is 2.36 bits per heavy atom. The van der Waals surface area contributed by atoms with Gasteiger partial charge >= 0.3 is 5.97 Å². The molecule has 2 rings (SSSR count). The summed E-state index contributed by atoms with van der Waals surface area (Å²) >= 11 is 0. The molecule has 0 spiro atoms. The lowest BCUT2D eigenvalue weighted by atomic mass is 10.1. The minimum absolute atomic E-state index is 0.385. The summed E-state index contributed by atoms with van der Waals surface area (Å²) in [5.41, 5.74) is 2.09. The molecule has 0 amide bonds. The Labute approximate surface area is 81.5 Å². The molecule has 0 radical (unpaired) electrons. The summed E-state index contributed by atoms with van der Waals surface area (Å²) in [4.78, 5) is 15.7. The zero-order valence-electron chi connectivity index (χ0n) is 8.02. The van der Waals surface area contributed by atoms with Crippen LogP contribution in [0.2, 0.25) is 0 Å². The molecule has 72 valence electrons. The zero-order chi connectivity index (χ0) is 10.1. The lowest BCUT2D eigenvalue weighted by Gasteiger charge is -1.97. The van der Waals surface area contributed by atoms with E-state index in [1.165, 1.54) is 0 Å². The molecule has 0 atom stereocenters. The molecular formula is C10H10N2O2. The Hall–Kier alpha value is -1.84. The molecule has 1 aromatic rings. The molecule has 0 saturated heterocycles. The Bertz CT molecular complexity index is 441. The molecule has 0 aromatic carbocycles. The number of carbonyl (C=O) groups excluding carboxylic acids is 1. The van der Waals surface area contributed by atoms with E-state index < -0.39 is 0 Å². The maximum absolute atomic E-state index is 11.2. The van der Waals surface area contributed by atoms with Crippen LogP contribution in [0.1, 0.15) is 12.6 Å². The van der Waals surface area contributed by atoms with Gasteiger partial charge in [0, 0.05) is 18.9 Å². The zero-order valence-corrected chi connectivity index (χ0v) is 8.02. The maximum atomic E-state index is 11.2. The molecule has 1 aliphatic rings. The Balaban J connectivity index is 2.40. The van der Waals surface area contributed by atoms with Crippen LogP contribution in [0.25, 0.3) is 6.08 Å². The summed E-state index contributed by atoms with van der Waals surface area (Å²) < 4.78 is 1.92. The highest BCUT2D eigenvalue weighted by Gasteiger charge is 2.21. The molecule has 2 heterocycles. The first-order valence-corrected chi connectivity index (χ1v) is 4.28. The normalized spacial score (nSPS) is 18.6. The SMILES string of the molecule is CC1=NOC(=O)C1=Cc1cccn1C. The largest absolute Gasteiger partial charge is 0.367 e. The van der Waals surface area contributed by atoms with Crippen molar-refractivity contribution in [3.05, 3.63) is 29.6 Å². The number of hydrogen-bond acceptors (Lipinski definition) is 3. The molecule has 1 aromatic heterocycles. The van der Waals surface area contributed by atoms with Gasteiger partial charge in [-0.2, -0.15) is 0 Å². The van der Waals surface area contributed by atoms with Gasteiger partial charge in [-0.05, 0) is 25.1 Å². The first-order chi connectivity index (χ1) is 6.68. The van der Waals surface area contributed by atoms with Crippen molar-refractivity contribution >= 4 is 17.8 Å². The van der Waals surface area contributed by atoms with E-state index in [1.54, 1.807) is 13.0 Å². The summed E-state index contributed by atoms with van der Waals surface area (Å²) in [6.07, 6.45) is 3.69. The van der Waals surface area contributed by atoms with E-state index in [0.29, 0.717) is 11.3 Å². The molecule has 0 N–H and O–H groups in total.